The van der Waals surface area contributed by atoms with E-state index in [1.807, 2.05) is 13.8 Å². The van der Waals surface area contributed by atoms with E-state index in [1.54, 1.807) is 18.2 Å². The van der Waals surface area contributed by atoms with Crippen molar-refractivity contribution in [3.63, 3.8) is 0 Å². The maximum Gasteiger partial charge on any atom is 0.161 e. The summed E-state index contributed by atoms with van der Waals surface area (Å²) in [5.74, 6) is 1.12. The Kier molecular flexibility index (Phi) is 5.94. The number of alkyl halides is 1. The van der Waals surface area contributed by atoms with Gasteiger partial charge in [-0.1, -0.05) is 6.07 Å². The Balaban J connectivity index is 3.00. The van der Waals surface area contributed by atoms with Crippen LogP contribution in [0.3, 0.4) is 0 Å². The Bertz CT molecular complexity index is 513. The second kappa shape index (κ2) is 7.01. The van der Waals surface area contributed by atoms with Crippen molar-refractivity contribution in [1.29, 1.82) is 0 Å². The number of hydrogen-bond donors (Lipinski definition) is 0. The SMILES string of the molecule is CCOc1ccc(C(Cl)CS(C)(=O)=O)cc1OCC. The van der Waals surface area contributed by atoms with Gasteiger partial charge in [-0.2, -0.15) is 0 Å². The molecule has 0 aliphatic rings. The Labute approximate surface area is 119 Å². The van der Waals surface area contributed by atoms with Crippen molar-refractivity contribution in [2.24, 2.45) is 0 Å². The molecule has 1 unspecified atom stereocenters. The first kappa shape index (κ1) is 16.1. The quantitative estimate of drug-likeness (QED) is 0.727. The Morgan fingerprint density at radius 3 is 2.26 bits per heavy atom. The van der Waals surface area contributed by atoms with Gasteiger partial charge in [0.2, 0.25) is 0 Å². The first-order valence-electron chi connectivity index (χ1n) is 6.08. The van der Waals surface area contributed by atoms with Crippen molar-refractivity contribution in [1.82, 2.24) is 0 Å². The van der Waals surface area contributed by atoms with Crippen molar-refractivity contribution in [3.05, 3.63) is 23.8 Å². The van der Waals surface area contributed by atoms with Gasteiger partial charge in [0.05, 0.1) is 24.3 Å². The molecule has 4 nitrogen and oxygen atoms in total. The zero-order chi connectivity index (χ0) is 14.5. The van der Waals surface area contributed by atoms with Gasteiger partial charge in [-0.15, -0.1) is 11.6 Å². The Hall–Kier alpha value is -0.940. The summed E-state index contributed by atoms with van der Waals surface area (Å²) in [6, 6.07) is 5.25. The molecule has 0 amide bonds. The average molecular weight is 307 g/mol. The lowest BCUT2D eigenvalue weighted by atomic mass is 10.1. The fraction of sp³-hybridized carbons (Fsp3) is 0.538. The summed E-state index contributed by atoms with van der Waals surface area (Å²) in [5, 5.41) is -0.593. The van der Waals surface area contributed by atoms with E-state index in [4.69, 9.17) is 21.1 Å². The molecule has 0 saturated heterocycles. The fourth-order valence-corrected chi connectivity index (χ4v) is 3.17. The second-order valence-electron chi connectivity index (χ2n) is 4.13. The summed E-state index contributed by atoms with van der Waals surface area (Å²) >= 11 is 6.12. The predicted octanol–water partition coefficient (Wildman–Crippen LogP) is 2.81. The molecule has 0 fully saturated rings. The van der Waals surface area contributed by atoms with Gasteiger partial charge in [-0.25, -0.2) is 8.42 Å². The average Bonchev–Trinajstić information content (AvgIpc) is 2.29. The summed E-state index contributed by atoms with van der Waals surface area (Å²) < 4.78 is 33.4. The summed E-state index contributed by atoms with van der Waals surface area (Å²) in [5.41, 5.74) is 0.707. The van der Waals surface area contributed by atoms with Crippen molar-refractivity contribution in [2.45, 2.75) is 19.2 Å². The van der Waals surface area contributed by atoms with E-state index in [9.17, 15) is 8.42 Å². The molecule has 1 atom stereocenters. The molecule has 1 aromatic rings. The maximum atomic E-state index is 11.3. The van der Waals surface area contributed by atoms with Crippen molar-refractivity contribution < 1.29 is 17.9 Å². The first-order valence-corrected chi connectivity index (χ1v) is 8.58. The Morgan fingerprint density at radius 1 is 1.16 bits per heavy atom. The molecule has 1 rings (SSSR count). The summed E-state index contributed by atoms with van der Waals surface area (Å²) in [4.78, 5) is 0. The van der Waals surface area contributed by atoms with E-state index in [1.165, 1.54) is 6.26 Å². The molecule has 1 aromatic carbocycles. The monoisotopic (exact) mass is 306 g/mol. The summed E-state index contributed by atoms with van der Waals surface area (Å²) in [6.45, 7) is 4.80. The highest BCUT2D eigenvalue weighted by Gasteiger charge is 2.17. The largest absolute Gasteiger partial charge is 0.490 e. The van der Waals surface area contributed by atoms with Gasteiger partial charge in [0.15, 0.2) is 11.5 Å². The van der Waals surface area contributed by atoms with E-state index >= 15 is 0 Å². The van der Waals surface area contributed by atoms with Crippen molar-refractivity contribution >= 4 is 21.4 Å². The molecule has 19 heavy (non-hydrogen) atoms. The molecule has 0 spiro atoms. The third-order valence-corrected chi connectivity index (χ3v) is 3.91. The molecule has 0 heterocycles. The second-order valence-corrected chi connectivity index (χ2v) is 6.84. The van der Waals surface area contributed by atoms with Crippen LogP contribution in [-0.2, 0) is 9.84 Å². The minimum absolute atomic E-state index is 0.103. The smallest absolute Gasteiger partial charge is 0.161 e. The molecule has 6 heteroatoms. The van der Waals surface area contributed by atoms with Gasteiger partial charge in [0.25, 0.3) is 0 Å². The van der Waals surface area contributed by atoms with Crippen LogP contribution in [0, 0.1) is 0 Å². The zero-order valence-corrected chi connectivity index (χ0v) is 12.9. The van der Waals surface area contributed by atoms with Gasteiger partial charge in [-0.05, 0) is 31.5 Å². The lowest BCUT2D eigenvalue weighted by Crippen LogP contribution is -2.09. The van der Waals surface area contributed by atoms with Gasteiger partial charge < -0.3 is 9.47 Å². The molecule has 0 radical (unpaired) electrons. The van der Waals surface area contributed by atoms with Crippen LogP contribution in [0.4, 0.5) is 0 Å². The van der Waals surface area contributed by atoms with Crippen molar-refractivity contribution in [3.8, 4) is 11.5 Å². The van der Waals surface area contributed by atoms with Gasteiger partial charge >= 0.3 is 0 Å². The fourth-order valence-electron chi connectivity index (χ4n) is 1.62. The number of rotatable bonds is 7. The zero-order valence-electron chi connectivity index (χ0n) is 11.3. The molecular weight excluding hydrogens is 288 g/mol. The van der Waals surface area contributed by atoms with Crippen LogP contribution < -0.4 is 9.47 Å². The van der Waals surface area contributed by atoms with Crippen molar-refractivity contribution in [2.75, 3.05) is 25.2 Å². The van der Waals surface area contributed by atoms with E-state index in [2.05, 4.69) is 0 Å². The molecule has 0 aliphatic heterocycles. The molecular formula is C13H19ClO4S. The Morgan fingerprint density at radius 2 is 1.74 bits per heavy atom. The van der Waals surface area contributed by atoms with Gasteiger partial charge in [-0.3, -0.25) is 0 Å². The minimum atomic E-state index is -3.12. The number of halogens is 1. The summed E-state index contributed by atoms with van der Waals surface area (Å²) in [6.07, 6.45) is 1.17. The first-order chi connectivity index (χ1) is 8.87. The van der Waals surface area contributed by atoms with E-state index in [0.29, 0.717) is 30.3 Å². The van der Waals surface area contributed by atoms with Crippen LogP contribution in [0.2, 0.25) is 0 Å². The lowest BCUT2D eigenvalue weighted by molar-refractivity contribution is 0.287. The van der Waals surface area contributed by atoms with Crippen LogP contribution in [0.1, 0.15) is 24.8 Å². The van der Waals surface area contributed by atoms with Crippen LogP contribution in [0.25, 0.3) is 0 Å². The van der Waals surface area contributed by atoms with E-state index in [0.717, 1.165) is 0 Å². The van der Waals surface area contributed by atoms with Crippen LogP contribution in [-0.4, -0.2) is 33.6 Å². The topological polar surface area (TPSA) is 52.6 Å². The van der Waals surface area contributed by atoms with E-state index in [-0.39, 0.29) is 5.75 Å². The third-order valence-electron chi connectivity index (χ3n) is 2.38. The molecule has 0 bridgehead atoms. The van der Waals surface area contributed by atoms with Crippen LogP contribution in [0.15, 0.2) is 18.2 Å². The molecule has 0 aliphatic carbocycles. The molecule has 108 valence electrons. The third kappa shape index (κ3) is 5.28. The number of benzene rings is 1. The number of ether oxygens (including phenoxy) is 2. The highest BCUT2D eigenvalue weighted by molar-refractivity contribution is 7.90. The van der Waals surface area contributed by atoms with Crippen LogP contribution in [0.5, 0.6) is 11.5 Å². The van der Waals surface area contributed by atoms with Crippen LogP contribution >= 0.6 is 11.6 Å². The van der Waals surface area contributed by atoms with E-state index < -0.39 is 15.2 Å². The number of sulfone groups is 1. The van der Waals surface area contributed by atoms with Gasteiger partial charge in [0, 0.05) is 6.26 Å². The molecule has 0 saturated carbocycles. The normalized spacial score (nSPS) is 13.1. The minimum Gasteiger partial charge on any atom is -0.490 e. The number of hydrogen-bond acceptors (Lipinski definition) is 4. The highest BCUT2D eigenvalue weighted by Crippen LogP contribution is 2.33. The predicted molar refractivity (Wildman–Crippen MR) is 77.1 cm³/mol. The van der Waals surface area contributed by atoms with Gasteiger partial charge in [0.1, 0.15) is 9.84 Å². The maximum absolute atomic E-state index is 11.3. The standard InChI is InChI=1S/C13H19ClO4S/c1-4-17-12-7-6-10(8-13(12)18-5-2)11(14)9-19(3,15)16/h6-8,11H,4-5,9H2,1-3H3. The highest BCUT2D eigenvalue weighted by atomic mass is 35.5. The lowest BCUT2D eigenvalue weighted by Gasteiger charge is -2.14. The summed E-state index contributed by atoms with van der Waals surface area (Å²) in [7, 11) is -3.12. The molecule has 0 N–H and O–H groups in total. The molecule has 0 aromatic heterocycles.